The third kappa shape index (κ3) is 4.88. The summed E-state index contributed by atoms with van der Waals surface area (Å²) in [4.78, 5) is 0. The Labute approximate surface area is 231 Å². The third-order valence-corrected chi connectivity index (χ3v) is 8.61. The van der Waals surface area contributed by atoms with Gasteiger partial charge in [0.15, 0.2) is 6.20 Å². The smallest absolute Gasteiger partial charge is 0.216 e. The summed E-state index contributed by atoms with van der Waals surface area (Å²) in [6, 6.07) is 23.2. The van der Waals surface area contributed by atoms with E-state index in [4.69, 9.17) is 4.42 Å². The topological polar surface area (TPSA) is 17.0 Å². The number of pyridine rings is 1. The summed E-state index contributed by atoms with van der Waals surface area (Å²) in [5, 5.41) is 2.08. The Hall–Kier alpha value is -3.46. The van der Waals surface area contributed by atoms with E-state index in [0.717, 1.165) is 76.4 Å². The van der Waals surface area contributed by atoms with Gasteiger partial charge in [0, 0.05) is 28.5 Å². The van der Waals surface area contributed by atoms with E-state index in [9.17, 15) is 0 Å². The second kappa shape index (κ2) is 9.93. The van der Waals surface area contributed by atoms with Crippen LogP contribution in [-0.2, 0) is 13.5 Å². The van der Waals surface area contributed by atoms with Gasteiger partial charge in [-0.1, -0.05) is 63.2 Å². The molecule has 2 nitrogen and oxygen atoms in total. The molecule has 0 unspecified atom stereocenters. The minimum absolute atomic E-state index is 0.138. The predicted molar refractivity (Wildman–Crippen MR) is 159 cm³/mol. The maximum atomic E-state index is 15.6. The van der Waals surface area contributed by atoms with Crippen LogP contribution in [-0.4, -0.2) is 0 Å². The van der Waals surface area contributed by atoms with Crippen molar-refractivity contribution in [3.05, 3.63) is 101 Å². The van der Waals surface area contributed by atoms with E-state index in [1.165, 1.54) is 11.1 Å². The van der Waals surface area contributed by atoms with Crippen molar-refractivity contribution in [1.29, 1.82) is 0 Å². The Bertz CT molecular complexity index is 1650. The Morgan fingerprint density at radius 1 is 0.846 bits per heavy atom. The second-order valence-electron chi connectivity index (χ2n) is 12.8. The highest BCUT2D eigenvalue weighted by Crippen LogP contribution is 2.46. The second-order valence-corrected chi connectivity index (χ2v) is 12.8. The van der Waals surface area contributed by atoms with Gasteiger partial charge in [-0.05, 0) is 85.1 Å². The molecule has 0 bridgehead atoms. The SMILES string of the molecule is Cc1ccc2c(oc3c(C4CCC(c5ccccc5)CC4)c(F)ccc32)c1-c1cc(CC(C)(C)C)cc[n+]1C. The number of benzene rings is 3. The number of furan rings is 1. The fraction of sp³-hybridized carbons (Fsp3) is 0.361. The minimum atomic E-state index is -0.138. The van der Waals surface area contributed by atoms with Crippen LogP contribution in [0.25, 0.3) is 33.2 Å². The van der Waals surface area contributed by atoms with E-state index < -0.39 is 0 Å². The molecule has 3 aromatic carbocycles. The molecule has 3 heteroatoms. The molecule has 0 amide bonds. The first-order valence-electron chi connectivity index (χ1n) is 14.4. The van der Waals surface area contributed by atoms with Crippen LogP contribution in [0.5, 0.6) is 0 Å². The number of halogens is 1. The maximum absolute atomic E-state index is 15.6. The quantitative estimate of drug-likeness (QED) is 0.216. The van der Waals surface area contributed by atoms with Gasteiger partial charge in [-0.15, -0.1) is 0 Å². The molecular formula is C36H39FNO+. The Morgan fingerprint density at radius 3 is 2.23 bits per heavy atom. The van der Waals surface area contributed by atoms with Gasteiger partial charge >= 0.3 is 0 Å². The summed E-state index contributed by atoms with van der Waals surface area (Å²) in [5.41, 5.74) is 8.66. The zero-order valence-electron chi connectivity index (χ0n) is 23.9. The van der Waals surface area contributed by atoms with Crippen molar-refractivity contribution in [2.45, 2.75) is 71.6 Å². The van der Waals surface area contributed by atoms with E-state index in [2.05, 4.69) is 100 Å². The van der Waals surface area contributed by atoms with Crippen LogP contribution in [0, 0.1) is 18.2 Å². The van der Waals surface area contributed by atoms with Gasteiger partial charge < -0.3 is 4.42 Å². The van der Waals surface area contributed by atoms with Gasteiger partial charge in [0.25, 0.3) is 0 Å². The standard InChI is InChI=1S/C36H39FNO/c1-23-11-16-28-29-17-18-30(37)33(27-14-12-26(13-15-27)25-9-7-6-8-10-25)35(29)39-34(28)32(23)31-21-24(19-20-38(31)5)22-36(2,3)4/h6-11,16-21,26-27H,12-15,22H2,1-5H3/q+1. The molecule has 1 saturated carbocycles. The van der Waals surface area contributed by atoms with Crippen molar-refractivity contribution in [2.75, 3.05) is 0 Å². The van der Waals surface area contributed by atoms with E-state index >= 15 is 4.39 Å². The van der Waals surface area contributed by atoms with Gasteiger partial charge in [-0.2, -0.15) is 0 Å². The van der Waals surface area contributed by atoms with E-state index in [1.807, 2.05) is 6.07 Å². The van der Waals surface area contributed by atoms with Crippen molar-refractivity contribution < 1.29 is 13.4 Å². The molecule has 0 aliphatic heterocycles. The van der Waals surface area contributed by atoms with Crippen LogP contribution in [0.4, 0.5) is 4.39 Å². The van der Waals surface area contributed by atoms with Crippen LogP contribution in [0.3, 0.4) is 0 Å². The van der Waals surface area contributed by atoms with Crippen molar-refractivity contribution >= 4 is 21.9 Å². The highest BCUT2D eigenvalue weighted by atomic mass is 19.1. The molecule has 1 aliphatic rings. The lowest BCUT2D eigenvalue weighted by atomic mass is 9.76. The molecule has 6 rings (SSSR count). The monoisotopic (exact) mass is 520 g/mol. The van der Waals surface area contributed by atoms with E-state index in [-0.39, 0.29) is 17.2 Å². The van der Waals surface area contributed by atoms with Gasteiger partial charge in [0.1, 0.15) is 24.0 Å². The zero-order chi connectivity index (χ0) is 27.3. The molecule has 0 atom stereocenters. The zero-order valence-corrected chi connectivity index (χ0v) is 23.9. The van der Waals surface area contributed by atoms with Gasteiger partial charge in [-0.25, -0.2) is 8.96 Å². The summed E-state index contributed by atoms with van der Waals surface area (Å²) in [6.45, 7) is 8.96. The minimum Gasteiger partial charge on any atom is -0.455 e. The van der Waals surface area contributed by atoms with Crippen molar-refractivity contribution in [1.82, 2.24) is 0 Å². The summed E-state index contributed by atoms with van der Waals surface area (Å²) in [5.74, 6) is 0.584. The van der Waals surface area contributed by atoms with E-state index in [1.54, 1.807) is 6.07 Å². The van der Waals surface area contributed by atoms with Gasteiger partial charge in [0.2, 0.25) is 5.69 Å². The first-order valence-corrected chi connectivity index (χ1v) is 14.4. The molecule has 0 saturated heterocycles. The summed E-state index contributed by atoms with van der Waals surface area (Å²) in [7, 11) is 2.09. The predicted octanol–water partition coefficient (Wildman–Crippen LogP) is 9.56. The molecule has 5 aromatic rings. The molecular weight excluding hydrogens is 481 g/mol. The fourth-order valence-electron chi connectivity index (χ4n) is 6.72. The average molecular weight is 521 g/mol. The number of aryl methyl sites for hydroxylation is 2. The van der Waals surface area contributed by atoms with Crippen LogP contribution in [0.2, 0.25) is 0 Å². The molecule has 0 N–H and O–H groups in total. The molecule has 0 radical (unpaired) electrons. The first kappa shape index (κ1) is 25.8. The average Bonchev–Trinajstić information content (AvgIpc) is 3.28. The molecule has 39 heavy (non-hydrogen) atoms. The molecule has 2 heterocycles. The number of nitrogens with zero attached hydrogens (tertiary/aromatic N) is 1. The molecule has 0 spiro atoms. The lowest BCUT2D eigenvalue weighted by Crippen LogP contribution is -2.31. The van der Waals surface area contributed by atoms with Crippen LogP contribution >= 0.6 is 0 Å². The number of hydrogen-bond donors (Lipinski definition) is 0. The van der Waals surface area contributed by atoms with Gasteiger partial charge in [0.05, 0.1) is 5.56 Å². The van der Waals surface area contributed by atoms with Crippen molar-refractivity contribution in [3.63, 3.8) is 0 Å². The molecule has 2 aromatic heterocycles. The van der Waals surface area contributed by atoms with Crippen molar-refractivity contribution in [3.8, 4) is 11.3 Å². The van der Waals surface area contributed by atoms with Crippen LogP contribution in [0.1, 0.15) is 80.5 Å². The highest BCUT2D eigenvalue weighted by molar-refractivity contribution is 6.10. The summed E-state index contributed by atoms with van der Waals surface area (Å²) in [6.07, 6.45) is 7.24. The lowest BCUT2D eigenvalue weighted by Gasteiger charge is -2.29. The molecule has 1 aliphatic carbocycles. The lowest BCUT2D eigenvalue weighted by molar-refractivity contribution is -0.660. The summed E-state index contributed by atoms with van der Waals surface area (Å²) < 4.78 is 24.5. The third-order valence-electron chi connectivity index (χ3n) is 8.61. The summed E-state index contributed by atoms with van der Waals surface area (Å²) >= 11 is 0. The van der Waals surface area contributed by atoms with Gasteiger partial charge in [-0.3, -0.25) is 0 Å². The Morgan fingerprint density at radius 2 is 1.51 bits per heavy atom. The Balaban J connectivity index is 1.44. The highest BCUT2D eigenvalue weighted by Gasteiger charge is 2.30. The first-order chi connectivity index (χ1) is 18.7. The van der Waals surface area contributed by atoms with Crippen LogP contribution < -0.4 is 4.57 Å². The normalized spacial score (nSPS) is 18.2. The number of aromatic nitrogens is 1. The van der Waals surface area contributed by atoms with Crippen molar-refractivity contribution in [2.24, 2.45) is 12.5 Å². The molecule has 1 fully saturated rings. The largest absolute Gasteiger partial charge is 0.455 e. The number of rotatable bonds is 4. The number of fused-ring (bicyclic) bond motifs is 3. The fourth-order valence-corrected chi connectivity index (χ4v) is 6.72. The van der Waals surface area contributed by atoms with E-state index in [0.29, 0.717) is 5.92 Å². The molecule has 200 valence electrons. The number of hydrogen-bond acceptors (Lipinski definition) is 1. The maximum Gasteiger partial charge on any atom is 0.216 e. The van der Waals surface area contributed by atoms with Crippen LogP contribution in [0.15, 0.2) is 77.3 Å². The Kier molecular flexibility index (Phi) is 6.57.